The van der Waals surface area contributed by atoms with Gasteiger partial charge in [-0.05, 0) is 25.0 Å². The molecular formula is C15H24N2O4. The molecule has 1 amide bonds. The summed E-state index contributed by atoms with van der Waals surface area (Å²) < 4.78 is 6.79. The van der Waals surface area contributed by atoms with Crippen LogP contribution in [0.2, 0.25) is 0 Å². The Morgan fingerprint density at radius 2 is 2.05 bits per heavy atom. The molecule has 1 aromatic heterocycles. The van der Waals surface area contributed by atoms with Gasteiger partial charge in [0.15, 0.2) is 0 Å². The zero-order valence-electron chi connectivity index (χ0n) is 12.9. The van der Waals surface area contributed by atoms with Crippen molar-refractivity contribution in [3.8, 4) is 0 Å². The number of hydrogen-bond acceptors (Lipinski definition) is 3. The van der Waals surface area contributed by atoms with Crippen LogP contribution in [0.15, 0.2) is 18.3 Å². The van der Waals surface area contributed by atoms with Crippen LogP contribution in [0.4, 0.5) is 0 Å². The second-order valence-corrected chi connectivity index (χ2v) is 5.05. The van der Waals surface area contributed by atoms with Crippen molar-refractivity contribution in [1.82, 2.24) is 9.88 Å². The molecule has 0 radical (unpaired) electrons. The molecule has 6 nitrogen and oxygen atoms in total. The predicted octanol–water partition coefficient (Wildman–Crippen LogP) is 1.76. The first-order chi connectivity index (χ1) is 10.0. The summed E-state index contributed by atoms with van der Waals surface area (Å²) in [6, 6.07) is 3.50. The molecule has 0 aliphatic rings. The van der Waals surface area contributed by atoms with Crippen molar-refractivity contribution >= 4 is 11.9 Å². The number of aromatic nitrogens is 1. The van der Waals surface area contributed by atoms with Gasteiger partial charge in [-0.2, -0.15) is 0 Å². The van der Waals surface area contributed by atoms with Crippen molar-refractivity contribution in [2.75, 3.05) is 20.3 Å². The lowest BCUT2D eigenvalue weighted by Gasteiger charge is -2.26. The normalized spacial score (nSPS) is 11.4. The molecule has 0 aromatic carbocycles. The van der Waals surface area contributed by atoms with E-state index in [9.17, 15) is 14.7 Å². The largest absolute Gasteiger partial charge is 0.481 e. The van der Waals surface area contributed by atoms with Gasteiger partial charge in [0.25, 0.3) is 5.91 Å². The Bertz CT molecular complexity index is 478. The minimum absolute atomic E-state index is 0.129. The quantitative estimate of drug-likeness (QED) is 0.727. The van der Waals surface area contributed by atoms with Gasteiger partial charge in [0.05, 0.1) is 12.0 Å². The van der Waals surface area contributed by atoms with E-state index < -0.39 is 11.4 Å². The van der Waals surface area contributed by atoms with Gasteiger partial charge < -0.3 is 19.7 Å². The minimum Gasteiger partial charge on any atom is -0.481 e. The molecule has 0 aliphatic carbocycles. The maximum atomic E-state index is 12.2. The highest BCUT2D eigenvalue weighted by molar-refractivity contribution is 5.93. The predicted molar refractivity (Wildman–Crippen MR) is 79.3 cm³/mol. The number of rotatable bonds is 9. The van der Waals surface area contributed by atoms with Crippen molar-refractivity contribution < 1.29 is 19.4 Å². The molecule has 0 aliphatic heterocycles. The number of carbonyl (C=O) groups is 2. The molecule has 0 fully saturated rings. The first-order valence-electron chi connectivity index (χ1n) is 7.16. The van der Waals surface area contributed by atoms with Crippen LogP contribution in [-0.4, -0.2) is 41.8 Å². The highest BCUT2D eigenvalue weighted by Crippen LogP contribution is 2.25. The molecule has 1 aromatic rings. The van der Waals surface area contributed by atoms with Gasteiger partial charge in [-0.25, -0.2) is 0 Å². The third-order valence-corrected chi connectivity index (χ3v) is 3.99. The van der Waals surface area contributed by atoms with Gasteiger partial charge in [-0.15, -0.1) is 0 Å². The summed E-state index contributed by atoms with van der Waals surface area (Å²) in [5, 5.41) is 12.1. The zero-order chi connectivity index (χ0) is 15.9. The van der Waals surface area contributed by atoms with Crippen LogP contribution < -0.4 is 5.32 Å². The summed E-state index contributed by atoms with van der Waals surface area (Å²) in [6.45, 7) is 4.87. The zero-order valence-corrected chi connectivity index (χ0v) is 12.9. The molecule has 0 bridgehead atoms. The number of carbonyl (C=O) groups excluding carboxylic acids is 1. The standard InChI is InChI=1S/C15H24N2O4/c1-4-15(5-2,14(19)20)11-16-13(18)12-7-6-8-17(12)9-10-21-3/h6-8H,4-5,9-11H2,1-3H3,(H,16,18)(H,19,20). The van der Waals surface area contributed by atoms with Gasteiger partial charge in [-0.1, -0.05) is 13.8 Å². The van der Waals surface area contributed by atoms with Crippen LogP contribution in [-0.2, 0) is 16.1 Å². The van der Waals surface area contributed by atoms with Crippen LogP contribution in [0.25, 0.3) is 0 Å². The fraction of sp³-hybridized carbons (Fsp3) is 0.600. The van der Waals surface area contributed by atoms with Gasteiger partial charge in [-0.3, -0.25) is 9.59 Å². The topological polar surface area (TPSA) is 80.6 Å². The molecule has 0 saturated heterocycles. The molecule has 118 valence electrons. The number of ether oxygens (including phenoxy) is 1. The smallest absolute Gasteiger partial charge is 0.311 e. The fourth-order valence-electron chi connectivity index (χ4n) is 2.22. The molecule has 0 spiro atoms. The Morgan fingerprint density at radius 1 is 1.38 bits per heavy atom. The lowest BCUT2D eigenvalue weighted by Crippen LogP contribution is -2.42. The van der Waals surface area contributed by atoms with Crippen LogP contribution in [0, 0.1) is 5.41 Å². The summed E-state index contributed by atoms with van der Waals surface area (Å²) in [5.74, 6) is -1.13. The first kappa shape index (κ1) is 17.2. The molecule has 0 saturated carbocycles. The van der Waals surface area contributed by atoms with E-state index in [1.807, 2.05) is 13.8 Å². The average Bonchev–Trinajstić information content (AvgIpc) is 2.94. The Morgan fingerprint density at radius 3 is 2.57 bits per heavy atom. The van der Waals surface area contributed by atoms with Gasteiger partial charge in [0.1, 0.15) is 5.69 Å². The minimum atomic E-state index is -0.903. The number of methoxy groups -OCH3 is 1. The van der Waals surface area contributed by atoms with E-state index in [2.05, 4.69) is 5.32 Å². The van der Waals surface area contributed by atoms with Crippen molar-refractivity contribution in [3.63, 3.8) is 0 Å². The summed E-state index contributed by atoms with van der Waals surface area (Å²) >= 11 is 0. The van der Waals surface area contributed by atoms with Crippen LogP contribution in [0.3, 0.4) is 0 Å². The summed E-state index contributed by atoms with van der Waals surface area (Å²) in [4.78, 5) is 23.6. The van der Waals surface area contributed by atoms with E-state index in [0.717, 1.165) is 0 Å². The Hall–Kier alpha value is -1.82. The van der Waals surface area contributed by atoms with Crippen LogP contribution >= 0.6 is 0 Å². The SMILES string of the molecule is CCC(CC)(CNC(=O)c1cccn1CCOC)C(=O)O. The number of carboxylic acids is 1. The van der Waals surface area contributed by atoms with Gasteiger partial charge in [0.2, 0.25) is 0 Å². The Balaban J connectivity index is 2.73. The van der Waals surface area contributed by atoms with E-state index in [1.54, 1.807) is 30.0 Å². The van der Waals surface area contributed by atoms with E-state index in [0.29, 0.717) is 31.7 Å². The maximum Gasteiger partial charge on any atom is 0.311 e. The molecule has 21 heavy (non-hydrogen) atoms. The molecular weight excluding hydrogens is 272 g/mol. The first-order valence-corrected chi connectivity index (χ1v) is 7.16. The third-order valence-electron chi connectivity index (χ3n) is 3.99. The van der Waals surface area contributed by atoms with E-state index >= 15 is 0 Å². The monoisotopic (exact) mass is 296 g/mol. The lowest BCUT2D eigenvalue weighted by molar-refractivity contribution is -0.149. The van der Waals surface area contributed by atoms with Crippen LogP contribution in [0.5, 0.6) is 0 Å². The molecule has 2 N–H and O–H groups in total. The molecule has 1 rings (SSSR count). The van der Waals surface area contributed by atoms with Crippen molar-refractivity contribution in [2.24, 2.45) is 5.41 Å². The van der Waals surface area contributed by atoms with Gasteiger partial charge >= 0.3 is 5.97 Å². The second-order valence-electron chi connectivity index (χ2n) is 5.05. The van der Waals surface area contributed by atoms with Crippen molar-refractivity contribution in [2.45, 2.75) is 33.2 Å². The highest BCUT2D eigenvalue weighted by atomic mass is 16.5. The summed E-state index contributed by atoms with van der Waals surface area (Å²) in [6.07, 6.45) is 2.76. The number of nitrogens with one attached hydrogen (secondary N) is 1. The molecule has 1 heterocycles. The highest BCUT2D eigenvalue weighted by Gasteiger charge is 2.35. The molecule has 0 unspecified atom stereocenters. The van der Waals surface area contributed by atoms with Crippen molar-refractivity contribution in [1.29, 1.82) is 0 Å². The number of carboxylic acid groups (broad SMARTS) is 1. The van der Waals surface area contributed by atoms with Gasteiger partial charge in [0, 0.05) is 26.4 Å². The Labute approximate surface area is 125 Å². The maximum absolute atomic E-state index is 12.2. The third kappa shape index (κ3) is 4.07. The number of aliphatic carboxylic acids is 1. The summed E-state index contributed by atoms with van der Waals surface area (Å²) in [5.41, 5.74) is -0.391. The Kier molecular flexibility index (Phi) is 6.42. The number of nitrogens with zero attached hydrogens (tertiary/aromatic N) is 1. The second kappa shape index (κ2) is 7.83. The lowest BCUT2D eigenvalue weighted by atomic mass is 9.82. The number of hydrogen-bond donors (Lipinski definition) is 2. The average molecular weight is 296 g/mol. The molecule has 6 heteroatoms. The van der Waals surface area contributed by atoms with Crippen molar-refractivity contribution in [3.05, 3.63) is 24.0 Å². The van der Waals surface area contributed by atoms with E-state index in [1.165, 1.54) is 0 Å². The molecule has 0 atom stereocenters. The fourth-order valence-corrected chi connectivity index (χ4v) is 2.22. The van der Waals surface area contributed by atoms with E-state index in [-0.39, 0.29) is 12.5 Å². The van der Waals surface area contributed by atoms with E-state index in [4.69, 9.17) is 4.74 Å². The van der Waals surface area contributed by atoms with Crippen LogP contribution in [0.1, 0.15) is 37.2 Å². The summed E-state index contributed by atoms with van der Waals surface area (Å²) in [7, 11) is 1.60. The number of amides is 1.